The second kappa shape index (κ2) is 15.4. The molecule has 1 atom stereocenters. The van der Waals surface area contributed by atoms with Crippen molar-refractivity contribution in [2.75, 3.05) is 12.4 Å². The van der Waals surface area contributed by atoms with Gasteiger partial charge < -0.3 is 15.2 Å². The predicted molar refractivity (Wildman–Crippen MR) is 189 cm³/mol. The highest BCUT2D eigenvalue weighted by molar-refractivity contribution is 7.89. The van der Waals surface area contributed by atoms with Crippen LogP contribution in [0, 0.1) is 34.9 Å². The topological polar surface area (TPSA) is 113 Å². The van der Waals surface area contributed by atoms with Gasteiger partial charge in [0, 0.05) is 22.2 Å². The van der Waals surface area contributed by atoms with Gasteiger partial charge in [0.05, 0.1) is 18.4 Å². The Morgan fingerprint density at radius 3 is 2.00 bits per heavy atom. The van der Waals surface area contributed by atoms with E-state index in [1.807, 2.05) is 26.8 Å². The van der Waals surface area contributed by atoms with Crippen LogP contribution in [0.1, 0.15) is 72.1 Å². The highest BCUT2D eigenvalue weighted by atomic mass is 35.5. The van der Waals surface area contributed by atoms with Gasteiger partial charge in [-0.25, -0.2) is 39.6 Å². The van der Waals surface area contributed by atoms with Crippen LogP contribution in [0.3, 0.4) is 0 Å². The molecule has 4 aromatic rings. The number of nitrogens with zero attached hydrogens (tertiary/aromatic N) is 1. The lowest BCUT2D eigenvalue weighted by Crippen LogP contribution is -2.48. The van der Waals surface area contributed by atoms with Crippen molar-refractivity contribution in [3.8, 4) is 5.75 Å². The Balaban J connectivity index is 1.78. The molecule has 8 nitrogen and oxygen atoms in total. The van der Waals surface area contributed by atoms with Crippen molar-refractivity contribution >= 4 is 50.8 Å². The van der Waals surface area contributed by atoms with Gasteiger partial charge in [-0.2, -0.15) is 4.31 Å². The van der Waals surface area contributed by atoms with Gasteiger partial charge >= 0.3 is 5.97 Å². The number of amides is 1. The Hall–Kier alpha value is -4.31. The van der Waals surface area contributed by atoms with E-state index in [1.54, 1.807) is 12.1 Å². The minimum Gasteiger partial charge on any atom is -0.495 e. The number of anilines is 1. The van der Waals surface area contributed by atoms with Gasteiger partial charge in [0.2, 0.25) is 21.7 Å². The predicted octanol–water partition coefficient (Wildman–Crippen LogP) is 9.15. The van der Waals surface area contributed by atoms with Crippen molar-refractivity contribution in [1.29, 1.82) is 0 Å². The van der Waals surface area contributed by atoms with Crippen LogP contribution in [-0.4, -0.2) is 42.9 Å². The standard InChI is InChI=1S/C37H32Cl2F6N2O6S/c1-37(2,3)21-10-17(9-20(12-21)18-5-6-18)11-27(35(48)46-26-8-7-19(36(49)50)13-28(26)53-4)47(16-23-24(38)14-22(40)15-25(23)39)54(51,52)34-32(44)30(42)29(41)31(43)33(34)45/h7-10,12-15,18,27H,5-6,11,16H2,1-4H3,(H,46,48)(H,49,50). The van der Waals surface area contributed by atoms with E-state index in [0.29, 0.717) is 5.56 Å². The molecule has 0 heterocycles. The number of benzene rings is 4. The number of carbonyl (C=O) groups is 2. The Labute approximate surface area is 316 Å². The summed E-state index contributed by atoms with van der Waals surface area (Å²) in [5, 5.41) is 10.9. The number of aromatic carboxylic acids is 1. The van der Waals surface area contributed by atoms with E-state index in [-0.39, 0.29) is 32.8 Å². The molecule has 0 saturated heterocycles. The zero-order chi connectivity index (χ0) is 40.0. The number of methoxy groups -OCH3 is 1. The van der Waals surface area contributed by atoms with Crippen molar-refractivity contribution in [1.82, 2.24) is 4.31 Å². The molecule has 54 heavy (non-hydrogen) atoms. The van der Waals surface area contributed by atoms with Crippen LogP contribution in [0.15, 0.2) is 53.4 Å². The number of carbonyl (C=O) groups excluding carboxylic acids is 1. The number of sulfonamides is 1. The fourth-order valence-corrected chi connectivity index (χ4v) is 8.03. The van der Waals surface area contributed by atoms with Gasteiger partial charge in [0.25, 0.3) is 0 Å². The van der Waals surface area contributed by atoms with Crippen molar-refractivity contribution < 1.29 is 54.2 Å². The molecule has 5 rings (SSSR count). The summed E-state index contributed by atoms with van der Waals surface area (Å²) in [6, 6.07) is 8.06. The lowest BCUT2D eigenvalue weighted by Gasteiger charge is -2.32. The third-order valence-electron chi connectivity index (χ3n) is 8.87. The summed E-state index contributed by atoms with van der Waals surface area (Å²) >= 11 is 12.5. The quantitative estimate of drug-likeness (QED) is 0.0838. The van der Waals surface area contributed by atoms with Gasteiger partial charge in [-0.1, -0.05) is 62.2 Å². The maximum atomic E-state index is 15.4. The molecule has 0 aromatic heterocycles. The van der Waals surface area contributed by atoms with Crippen molar-refractivity contribution in [2.45, 2.75) is 68.8 Å². The summed E-state index contributed by atoms with van der Waals surface area (Å²) in [5.41, 5.74) is 0.733. The Morgan fingerprint density at radius 1 is 0.907 bits per heavy atom. The number of carboxylic acid groups (broad SMARTS) is 1. The maximum Gasteiger partial charge on any atom is 0.335 e. The summed E-state index contributed by atoms with van der Waals surface area (Å²) in [7, 11) is -4.80. The highest BCUT2D eigenvalue weighted by Gasteiger charge is 2.43. The number of rotatable bonds is 12. The minimum atomic E-state index is -5.95. The van der Waals surface area contributed by atoms with Crippen molar-refractivity contribution in [3.05, 3.63) is 121 Å². The molecule has 0 radical (unpaired) electrons. The van der Waals surface area contributed by atoms with E-state index in [1.165, 1.54) is 0 Å². The van der Waals surface area contributed by atoms with E-state index in [4.69, 9.17) is 27.9 Å². The zero-order valence-corrected chi connectivity index (χ0v) is 31.3. The molecule has 1 aliphatic rings. The van der Waals surface area contributed by atoms with Gasteiger partial charge in [0.15, 0.2) is 28.2 Å². The van der Waals surface area contributed by atoms with Gasteiger partial charge in [-0.05, 0) is 77.6 Å². The van der Waals surface area contributed by atoms with Crippen LogP contribution >= 0.6 is 23.2 Å². The molecule has 1 saturated carbocycles. The molecule has 0 aliphatic heterocycles. The van der Waals surface area contributed by atoms with Gasteiger partial charge in [-0.3, -0.25) is 4.79 Å². The molecular formula is C37H32Cl2F6N2O6S. The Kier molecular flexibility index (Phi) is 11.7. The van der Waals surface area contributed by atoms with E-state index in [2.05, 4.69) is 5.32 Å². The number of hydrogen-bond acceptors (Lipinski definition) is 5. The second-order valence-electron chi connectivity index (χ2n) is 13.7. The lowest BCUT2D eigenvalue weighted by atomic mass is 9.83. The molecule has 1 fully saturated rings. The fraction of sp³-hybridized carbons (Fsp3) is 0.297. The number of halogens is 8. The average molecular weight is 818 g/mol. The summed E-state index contributed by atoms with van der Waals surface area (Å²) in [6.07, 6.45) is 1.15. The Bertz CT molecular complexity index is 2230. The first-order valence-electron chi connectivity index (χ1n) is 16.2. The molecule has 1 unspecified atom stereocenters. The van der Waals surface area contributed by atoms with E-state index in [9.17, 15) is 40.7 Å². The second-order valence-corrected chi connectivity index (χ2v) is 16.4. The number of carboxylic acids is 1. The highest BCUT2D eigenvalue weighted by Crippen LogP contribution is 2.42. The third kappa shape index (κ3) is 8.33. The molecule has 1 aliphatic carbocycles. The minimum absolute atomic E-state index is 0.153. The van der Waals surface area contributed by atoms with Crippen LogP contribution in [0.2, 0.25) is 10.0 Å². The molecule has 1 amide bonds. The van der Waals surface area contributed by atoms with Crippen LogP contribution in [0.25, 0.3) is 0 Å². The van der Waals surface area contributed by atoms with Crippen LogP contribution < -0.4 is 10.1 Å². The molecule has 17 heteroatoms. The summed E-state index contributed by atoms with van der Waals surface area (Å²) in [5.74, 6) is -16.7. The van der Waals surface area contributed by atoms with Crippen molar-refractivity contribution in [3.63, 3.8) is 0 Å². The van der Waals surface area contributed by atoms with E-state index >= 15 is 8.78 Å². The molecule has 288 valence electrons. The first kappa shape index (κ1) is 40.9. The summed E-state index contributed by atoms with van der Waals surface area (Å²) < 4.78 is 123. The smallest absolute Gasteiger partial charge is 0.335 e. The number of hydrogen-bond donors (Lipinski definition) is 2. The van der Waals surface area contributed by atoms with Crippen LogP contribution in [0.5, 0.6) is 5.75 Å². The van der Waals surface area contributed by atoms with Crippen LogP contribution in [-0.2, 0) is 33.2 Å². The molecular weight excluding hydrogens is 785 g/mol. The molecule has 4 aromatic carbocycles. The number of nitrogens with one attached hydrogen (secondary N) is 1. The average Bonchev–Trinajstić information content (AvgIpc) is 3.94. The largest absolute Gasteiger partial charge is 0.495 e. The third-order valence-corrected chi connectivity index (χ3v) is 11.4. The Morgan fingerprint density at radius 2 is 1.48 bits per heavy atom. The molecule has 0 bridgehead atoms. The lowest BCUT2D eigenvalue weighted by molar-refractivity contribution is -0.119. The number of ether oxygens (including phenoxy) is 1. The summed E-state index contributed by atoms with van der Waals surface area (Å²) in [6.45, 7) is 4.61. The van der Waals surface area contributed by atoms with Gasteiger partial charge in [-0.15, -0.1) is 0 Å². The van der Waals surface area contributed by atoms with E-state index < -0.39 is 96.2 Å². The molecule has 2 N–H and O–H groups in total. The fourth-order valence-electron chi connectivity index (χ4n) is 5.78. The maximum absolute atomic E-state index is 15.4. The normalized spacial score (nSPS) is 13.9. The van der Waals surface area contributed by atoms with Gasteiger partial charge in [0.1, 0.15) is 17.6 Å². The van der Waals surface area contributed by atoms with E-state index in [0.717, 1.165) is 61.4 Å². The zero-order valence-electron chi connectivity index (χ0n) is 29.0. The first-order valence-corrected chi connectivity index (χ1v) is 18.4. The monoisotopic (exact) mass is 816 g/mol. The van der Waals surface area contributed by atoms with Crippen LogP contribution in [0.4, 0.5) is 32.0 Å². The SMILES string of the molecule is COc1cc(C(=O)O)ccc1NC(=O)C(Cc1cc(C2CC2)cc(C(C)(C)C)c1)N(Cc1c(Cl)cc(F)cc1Cl)S(=O)(=O)c1c(F)c(F)c(F)c(F)c1F. The van der Waals surface area contributed by atoms with Crippen molar-refractivity contribution in [2.24, 2.45) is 0 Å². The molecule has 0 spiro atoms. The first-order chi connectivity index (χ1) is 25.1. The summed E-state index contributed by atoms with van der Waals surface area (Å²) in [4.78, 5) is 23.8.